The number of esters is 1. The summed E-state index contributed by atoms with van der Waals surface area (Å²) in [6.45, 7) is 8.28. The molecule has 0 aromatic carbocycles. The Bertz CT molecular complexity index is 1420. The Kier molecular flexibility index (Phi) is 11.5. The van der Waals surface area contributed by atoms with Gasteiger partial charge in [0.05, 0.1) is 37.7 Å². The Morgan fingerprint density at radius 3 is 2.67 bits per heavy atom. The number of imidazole rings is 1. The number of thioether (sulfide) groups is 1. The first-order valence-electron chi connectivity index (χ1n) is 13.3. The minimum atomic E-state index is -4.29. The number of carbonyl (C=O) groups is 2. The zero-order valence-corrected chi connectivity index (χ0v) is 27.1. The van der Waals surface area contributed by atoms with E-state index in [-0.39, 0.29) is 41.2 Å². The van der Waals surface area contributed by atoms with Gasteiger partial charge < -0.3 is 25.4 Å². The summed E-state index contributed by atoms with van der Waals surface area (Å²) < 4.78 is 37.4. The fourth-order valence-electron chi connectivity index (χ4n) is 3.92. The number of nitrogens with zero attached hydrogens (tertiary/aromatic N) is 3. The minimum absolute atomic E-state index is 0.0254. The number of H-pyrrole nitrogens is 1. The van der Waals surface area contributed by atoms with Crippen LogP contribution in [0.3, 0.4) is 0 Å². The molecule has 43 heavy (non-hydrogen) atoms. The Labute approximate surface area is 256 Å². The summed E-state index contributed by atoms with van der Waals surface area (Å²) in [5.41, 5.74) is 4.17. The highest BCUT2D eigenvalue weighted by Gasteiger charge is 2.54. The number of aromatic nitrogens is 4. The van der Waals surface area contributed by atoms with Crippen LogP contribution in [-0.2, 0) is 32.7 Å². The van der Waals surface area contributed by atoms with Crippen molar-refractivity contribution in [2.45, 2.75) is 77.0 Å². The number of anilines is 1. The second-order valence-corrected chi connectivity index (χ2v) is 14.7. The highest BCUT2D eigenvalue weighted by molar-refractivity contribution is 8.13. The average Bonchev–Trinajstić information content (AvgIpc) is 3.42. The number of rotatable bonds is 14. The number of carbonyl (C=O) groups excluding carboxylic acids is 2. The fourth-order valence-corrected chi connectivity index (χ4v) is 6.63. The number of fused-ring (bicyclic) bond motifs is 1. The molecule has 0 radical (unpaired) electrons. The van der Waals surface area contributed by atoms with Gasteiger partial charge in [-0.3, -0.25) is 33.0 Å². The van der Waals surface area contributed by atoms with E-state index in [1.54, 1.807) is 27.7 Å². The lowest BCUT2D eigenvalue weighted by Gasteiger charge is -2.26. The maximum atomic E-state index is 13.8. The van der Waals surface area contributed by atoms with Crippen LogP contribution in [0.15, 0.2) is 11.1 Å². The lowest BCUT2D eigenvalue weighted by Crippen LogP contribution is -2.40. The number of halogens is 1. The topological polar surface area (TPSA) is 230 Å². The Hall–Kier alpha value is -2.08. The van der Waals surface area contributed by atoms with Crippen molar-refractivity contribution in [2.75, 3.05) is 31.3 Å². The number of aliphatic hydroxyl groups excluding tert-OH is 2. The van der Waals surface area contributed by atoms with E-state index < -0.39 is 66.8 Å². The third-order valence-electron chi connectivity index (χ3n) is 6.41. The van der Waals surface area contributed by atoms with Crippen LogP contribution in [0.2, 0.25) is 0 Å². The van der Waals surface area contributed by atoms with Crippen LogP contribution in [0.5, 0.6) is 0 Å². The highest BCUT2D eigenvalue weighted by Crippen LogP contribution is 2.48. The third-order valence-corrected chi connectivity index (χ3v) is 9.72. The predicted molar refractivity (Wildman–Crippen MR) is 158 cm³/mol. The van der Waals surface area contributed by atoms with E-state index >= 15 is 0 Å². The number of aliphatic hydroxyl groups is 2. The molecule has 6 N–H and O–H groups in total. The third kappa shape index (κ3) is 8.35. The summed E-state index contributed by atoms with van der Waals surface area (Å²) in [6.07, 6.45) is -2.83. The zero-order valence-electron chi connectivity index (χ0n) is 24.6. The van der Waals surface area contributed by atoms with Crippen LogP contribution >= 0.6 is 31.1 Å². The molecule has 6 atom stereocenters. The van der Waals surface area contributed by atoms with Gasteiger partial charge in [-0.1, -0.05) is 11.8 Å². The molecule has 1 aliphatic heterocycles. The first kappa shape index (κ1) is 35.4. The Morgan fingerprint density at radius 1 is 1.37 bits per heavy atom. The number of hydrogen-bond acceptors (Lipinski definition) is 14. The molecule has 242 valence electrons. The van der Waals surface area contributed by atoms with Gasteiger partial charge in [-0.15, -0.1) is 11.6 Å². The number of nitrogens with two attached hydrogens (primary N) is 1. The number of aromatic amines is 1. The van der Waals surface area contributed by atoms with Gasteiger partial charge in [0.15, 0.2) is 22.5 Å². The first-order valence-corrected chi connectivity index (χ1v) is 16.2. The maximum absolute atomic E-state index is 13.8. The standard InChI is InChI=1S/C24H38ClN6O10PS/c1-12(2)40-19(35)13(3)30-42(37,38-7-8-43-21(36)23(4,5)10-32)39-9-14-16(33)24(6,25)20(41-14)31-11-27-15-17(31)28-22(26)29-18(15)34/h11-14,16,20,32-33H,7-10H2,1-6H3,(H,30,37)(H3,26,28,29,34)/t13-,14+,16+,20+,24+,42?/m0/s1. The molecule has 0 aliphatic carbocycles. The van der Waals surface area contributed by atoms with Crippen LogP contribution in [0.1, 0.15) is 47.8 Å². The smallest absolute Gasteiger partial charge is 0.406 e. The predicted octanol–water partition coefficient (Wildman–Crippen LogP) is 1.31. The van der Waals surface area contributed by atoms with E-state index in [0.717, 1.165) is 11.8 Å². The van der Waals surface area contributed by atoms with E-state index in [4.69, 9.17) is 35.9 Å². The Balaban J connectivity index is 1.76. The molecule has 1 saturated heterocycles. The monoisotopic (exact) mass is 668 g/mol. The molecule has 0 spiro atoms. The van der Waals surface area contributed by atoms with Crippen LogP contribution in [0.25, 0.3) is 11.2 Å². The average molecular weight is 669 g/mol. The number of nitrogens with one attached hydrogen (secondary N) is 2. The molecule has 0 saturated carbocycles. The first-order chi connectivity index (χ1) is 19.9. The fraction of sp³-hybridized carbons (Fsp3) is 0.708. The Morgan fingerprint density at radius 2 is 2.05 bits per heavy atom. The van der Waals surface area contributed by atoms with Gasteiger partial charge in [0.25, 0.3) is 5.56 Å². The van der Waals surface area contributed by atoms with Crippen molar-refractivity contribution in [1.82, 2.24) is 24.6 Å². The molecule has 2 aromatic rings. The molecule has 0 bridgehead atoms. The summed E-state index contributed by atoms with van der Waals surface area (Å²) >= 11 is 7.58. The number of hydrogen-bond donors (Lipinski definition) is 5. The molecular formula is C24H38ClN6O10PS. The molecule has 1 unspecified atom stereocenters. The van der Waals surface area contributed by atoms with E-state index in [1.165, 1.54) is 24.7 Å². The van der Waals surface area contributed by atoms with Gasteiger partial charge >= 0.3 is 13.7 Å². The normalized spacial score (nSPS) is 24.7. The number of nitrogen functional groups attached to an aromatic ring is 1. The highest BCUT2D eigenvalue weighted by atomic mass is 35.5. The van der Waals surface area contributed by atoms with E-state index in [2.05, 4.69) is 20.0 Å². The molecule has 1 fully saturated rings. The van der Waals surface area contributed by atoms with Gasteiger partial charge in [0, 0.05) is 5.75 Å². The molecular weight excluding hydrogens is 631 g/mol. The second-order valence-electron chi connectivity index (χ2n) is 11.0. The summed E-state index contributed by atoms with van der Waals surface area (Å²) in [7, 11) is -4.29. The number of alkyl halides is 1. The zero-order chi connectivity index (χ0) is 32.3. The molecule has 3 rings (SSSR count). The van der Waals surface area contributed by atoms with Crippen molar-refractivity contribution in [3.8, 4) is 0 Å². The summed E-state index contributed by atoms with van der Waals surface area (Å²) in [5, 5.41) is 22.7. The molecule has 0 amide bonds. The molecule has 16 nitrogen and oxygen atoms in total. The second kappa shape index (κ2) is 13.9. The van der Waals surface area contributed by atoms with Crippen LogP contribution in [-0.4, -0.2) is 95.6 Å². The quantitative estimate of drug-likeness (QED) is 0.0827. The lowest BCUT2D eigenvalue weighted by atomic mass is 9.97. The molecule has 19 heteroatoms. The van der Waals surface area contributed by atoms with Crippen LogP contribution < -0.4 is 16.4 Å². The van der Waals surface area contributed by atoms with Crippen molar-refractivity contribution in [3.05, 3.63) is 16.7 Å². The van der Waals surface area contributed by atoms with Crippen molar-refractivity contribution in [3.63, 3.8) is 0 Å². The summed E-state index contributed by atoms with van der Waals surface area (Å²) in [4.78, 5) is 45.9. The van der Waals surface area contributed by atoms with Crippen LogP contribution in [0, 0.1) is 5.41 Å². The van der Waals surface area contributed by atoms with Gasteiger partial charge in [-0.25, -0.2) is 14.6 Å². The molecule has 1 aliphatic rings. The van der Waals surface area contributed by atoms with Gasteiger partial charge in [-0.05, 0) is 41.5 Å². The molecule has 3 heterocycles. The largest absolute Gasteiger partial charge is 0.462 e. The molecule has 2 aromatic heterocycles. The number of ether oxygens (including phenoxy) is 2. The van der Waals surface area contributed by atoms with Crippen molar-refractivity contribution in [1.29, 1.82) is 0 Å². The van der Waals surface area contributed by atoms with E-state index in [1.807, 2.05) is 0 Å². The maximum Gasteiger partial charge on any atom is 0.406 e. The summed E-state index contributed by atoms with van der Waals surface area (Å²) in [6, 6.07) is -1.12. The van der Waals surface area contributed by atoms with E-state index in [9.17, 15) is 29.2 Å². The van der Waals surface area contributed by atoms with Crippen molar-refractivity contribution >= 4 is 59.3 Å². The van der Waals surface area contributed by atoms with Crippen molar-refractivity contribution in [2.24, 2.45) is 5.41 Å². The van der Waals surface area contributed by atoms with Gasteiger partial charge in [0.1, 0.15) is 23.1 Å². The van der Waals surface area contributed by atoms with Gasteiger partial charge in [-0.2, -0.15) is 4.98 Å². The van der Waals surface area contributed by atoms with E-state index in [0.29, 0.717) is 0 Å². The van der Waals surface area contributed by atoms with Crippen molar-refractivity contribution < 1.29 is 42.9 Å². The summed E-state index contributed by atoms with van der Waals surface area (Å²) in [5.74, 6) is -0.811. The lowest BCUT2D eigenvalue weighted by molar-refractivity contribution is -0.149. The van der Waals surface area contributed by atoms with Gasteiger partial charge in [0.2, 0.25) is 5.95 Å². The minimum Gasteiger partial charge on any atom is -0.462 e. The van der Waals surface area contributed by atoms with Crippen LogP contribution in [0.4, 0.5) is 5.95 Å². The SMILES string of the molecule is CC(C)OC(=O)[C@H](C)NP(=O)(OCCSC(=O)C(C)(C)CO)OC[C@H]1O[C@@H](n2cnc3c(=O)[nH]c(N)nc32)[C@](C)(Cl)[C@@H]1O.